The van der Waals surface area contributed by atoms with E-state index in [1.807, 2.05) is 31.4 Å². The van der Waals surface area contributed by atoms with Gasteiger partial charge in [0, 0.05) is 6.42 Å². The molecule has 1 spiro atoms. The third-order valence-corrected chi connectivity index (χ3v) is 5.65. The number of oxime groups is 1. The first-order valence-corrected chi connectivity index (χ1v) is 8.43. The highest BCUT2D eigenvalue weighted by Gasteiger charge is 2.65. The Hall–Kier alpha value is -1.44. The molecule has 1 aliphatic heterocycles. The molecule has 0 aromatic carbocycles. The second-order valence-electron chi connectivity index (χ2n) is 6.42. The Balaban J connectivity index is 2.23. The lowest BCUT2D eigenvalue weighted by Crippen LogP contribution is -2.59. The van der Waals surface area contributed by atoms with Crippen LogP contribution in [0, 0.1) is 5.21 Å². The molecule has 0 unspecified atom stereocenters. The van der Waals surface area contributed by atoms with E-state index in [2.05, 4.69) is 5.16 Å². The molecule has 6 nitrogen and oxygen atoms in total. The third kappa shape index (κ3) is 1.92. The van der Waals surface area contributed by atoms with Gasteiger partial charge >= 0.3 is 0 Å². The van der Waals surface area contributed by atoms with Gasteiger partial charge in [-0.3, -0.25) is 0 Å². The zero-order valence-corrected chi connectivity index (χ0v) is 13.6. The fourth-order valence-electron chi connectivity index (χ4n) is 3.66. The number of hydrogen-bond acceptors (Lipinski definition) is 6. The van der Waals surface area contributed by atoms with Crippen LogP contribution in [0.4, 0.5) is 0 Å². The van der Waals surface area contributed by atoms with Crippen molar-refractivity contribution >= 4 is 22.8 Å². The van der Waals surface area contributed by atoms with Gasteiger partial charge in [0.15, 0.2) is 0 Å². The highest BCUT2D eigenvalue weighted by Crippen LogP contribution is 2.42. The summed E-state index contributed by atoms with van der Waals surface area (Å²) in [5.41, 5.74) is -1.28. The molecule has 3 rings (SSSR count). The summed E-state index contributed by atoms with van der Waals surface area (Å²) in [6.07, 6.45) is 3.59. The van der Waals surface area contributed by atoms with Crippen LogP contribution in [-0.2, 0) is 0 Å². The van der Waals surface area contributed by atoms with Gasteiger partial charge < -0.3 is 15.6 Å². The van der Waals surface area contributed by atoms with Gasteiger partial charge in [-0.25, -0.2) is 0 Å². The maximum absolute atomic E-state index is 13.2. The molecule has 0 saturated heterocycles. The second-order valence-corrected chi connectivity index (χ2v) is 7.36. The zero-order chi connectivity index (χ0) is 16.0. The molecule has 0 amide bonds. The highest BCUT2D eigenvalue weighted by molar-refractivity contribution is 7.12. The van der Waals surface area contributed by atoms with Crippen molar-refractivity contribution in [3.05, 3.63) is 27.6 Å². The van der Waals surface area contributed by atoms with Crippen molar-refractivity contribution in [2.45, 2.75) is 57.2 Å². The Morgan fingerprint density at radius 3 is 2.77 bits per heavy atom. The fraction of sp³-hybridized carbons (Fsp3) is 0.600. The Bertz CT molecular complexity index is 624. The van der Waals surface area contributed by atoms with Crippen LogP contribution in [0.3, 0.4) is 0 Å². The molecule has 1 aromatic heterocycles. The van der Waals surface area contributed by atoms with E-state index in [0.29, 0.717) is 24.3 Å². The molecular weight excluding hydrogens is 302 g/mol. The summed E-state index contributed by atoms with van der Waals surface area (Å²) < 4.78 is 0.874. The molecule has 22 heavy (non-hydrogen) atoms. The van der Waals surface area contributed by atoms with E-state index in [0.717, 1.165) is 33.9 Å². The van der Waals surface area contributed by atoms with Crippen LogP contribution >= 0.6 is 11.3 Å². The van der Waals surface area contributed by atoms with Crippen molar-refractivity contribution in [3.63, 3.8) is 0 Å². The number of hydrogen-bond donors (Lipinski definition) is 2. The van der Waals surface area contributed by atoms with Crippen molar-refractivity contribution in [2.24, 2.45) is 5.16 Å². The van der Waals surface area contributed by atoms with Gasteiger partial charge in [0.05, 0.1) is 4.88 Å². The average Bonchev–Trinajstić information content (AvgIpc) is 2.96. The molecule has 120 valence electrons. The quantitative estimate of drug-likeness (QED) is 0.360. The largest absolute Gasteiger partial charge is 0.622 e. The summed E-state index contributed by atoms with van der Waals surface area (Å²) in [6, 6.07) is 3.77. The molecule has 1 fully saturated rings. The predicted molar refractivity (Wildman–Crippen MR) is 84.8 cm³/mol. The monoisotopic (exact) mass is 323 g/mol. The normalized spacial score (nSPS) is 31.1. The molecule has 2 aliphatic rings. The lowest BCUT2D eigenvalue weighted by molar-refractivity contribution is -0.567. The van der Waals surface area contributed by atoms with Crippen LogP contribution < -0.4 is 0 Å². The minimum Gasteiger partial charge on any atom is -0.622 e. The lowest BCUT2D eigenvalue weighted by Gasteiger charge is -2.34. The standard InChI is InChI=1S/C15H21N3O3S/c1-14(2)13(11-7-6-10-22-11)17(20)15(18(14)21)9-5-3-4-8-12(15)16-19/h6-7,10,19,21H,3-5,8-9H2,1-2H3/b16-12-/t15-/m0/s1. The van der Waals surface area contributed by atoms with Gasteiger partial charge in [-0.15, -0.1) is 16.4 Å². The highest BCUT2D eigenvalue weighted by atomic mass is 32.1. The van der Waals surface area contributed by atoms with Gasteiger partial charge in [0.25, 0.3) is 5.66 Å². The summed E-state index contributed by atoms with van der Waals surface area (Å²) in [4.78, 5) is 0.831. The molecule has 0 bridgehead atoms. The first-order chi connectivity index (χ1) is 10.5. The number of nitrogens with zero attached hydrogens (tertiary/aromatic N) is 3. The Morgan fingerprint density at radius 1 is 1.36 bits per heavy atom. The second kappa shape index (κ2) is 5.33. The van der Waals surface area contributed by atoms with E-state index in [1.54, 1.807) is 0 Å². The third-order valence-electron chi connectivity index (χ3n) is 4.77. The van der Waals surface area contributed by atoms with Crippen LogP contribution in [0.15, 0.2) is 22.7 Å². The van der Waals surface area contributed by atoms with E-state index >= 15 is 0 Å². The van der Waals surface area contributed by atoms with Gasteiger partial charge in [0.1, 0.15) is 11.3 Å². The summed E-state index contributed by atoms with van der Waals surface area (Å²) in [5, 5.41) is 39.9. The number of thiophene rings is 1. The van der Waals surface area contributed by atoms with Crippen LogP contribution in [0.5, 0.6) is 0 Å². The van der Waals surface area contributed by atoms with Gasteiger partial charge in [0.2, 0.25) is 5.71 Å². The van der Waals surface area contributed by atoms with Crippen LogP contribution in [0.25, 0.3) is 0 Å². The summed E-state index contributed by atoms with van der Waals surface area (Å²) in [6.45, 7) is 3.64. The number of rotatable bonds is 1. The minimum atomic E-state index is -1.30. The fourth-order valence-corrected chi connectivity index (χ4v) is 4.56. The maximum atomic E-state index is 13.2. The van der Waals surface area contributed by atoms with Crippen molar-refractivity contribution in [3.8, 4) is 0 Å². The summed E-state index contributed by atoms with van der Waals surface area (Å²) >= 11 is 1.47. The van der Waals surface area contributed by atoms with Crippen molar-refractivity contribution in [2.75, 3.05) is 0 Å². The van der Waals surface area contributed by atoms with Crippen molar-refractivity contribution in [1.82, 2.24) is 5.06 Å². The van der Waals surface area contributed by atoms with E-state index < -0.39 is 11.2 Å². The summed E-state index contributed by atoms with van der Waals surface area (Å²) in [5.74, 6) is 0. The Kier molecular flexibility index (Phi) is 3.74. The zero-order valence-electron chi connectivity index (χ0n) is 12.8. The molecule has 1 saturated carbocycles. The van der Waals surface area contributed by atoms with E-state index in [1.165, 1.54) is 11.3 Å². The predicted octanol–water partition coefficient (Wildman–Crippen LogP) is 3.02. The SMILES string of the molecule is CC1(C)C(c2cccs2)=[N+]([O-])[C@@]2(CCCCC/C2=N/O)N1O. The van der Waals surface area contributed by atoms with Crippen LogP contribution in [-0.4, -0.2) is 42.8 Å². The molecule has 1 atom stereocenters. The molecule has 1 aliphatic carbocycles. The molecule has 7 heteroatoms. The van der Waals surface area contributed by atoms with Crippen molar-refractivity contribution < 1.29 is 15.2 Å². The van der Waals surface area contributed by atoms with E-state index in [9.17, 15) is 15.6 Å². The van der Waals surface area contributed by atoms with E-state index in [-0.39, 0.29) is 0 Å². The maximum Gasteiger partial charge on any atom is 0.293 e. The van der Waals surface area contributed by atoms with Gasteiger partial charge in [-0.1, -0.05) is 17.6 Å². The lowest BCUT2D eigenvalue weighted by atomic mass is 9.94. The van der Waals surface area contributed by atoms with Gasteiger partial charge in [-0.2, -0.15) is 4.74 Å². The first-order valence-electron chi connectivity index (χ1n) is 7.55. The van der Waals surface area contributed by atoms with Crippen LogP contribution in [0.1, 0.15) is 50.8 Å². The van der Waals surface area contributed by atoms with Gasteiger partial charge in [-0.05, 0) is 44.6 Å². The Morgan fingerprint density at radius 2 is 2.14 bits per heavy atom. The Labute approximate surface area is 133 Å². The topological polar surface area (TPSA) is 82.1 Å². The first kappa shape index (κ1) is 15.5. The molecular formula is C15H21N3O3S. The molecule has 2 N–H and O–H groups in total. The van der Waals surface area contributed by atoms with E-state index in [4.69, 9.17) is 0 Å². The summed E-state index contributed by atoms with van der Waals surface area (Å²) in [7, 11) is 0. The minimum absolute atomic E-state index is 0.349. The average molecular weight is 323 g/mol. The molecule has 1 aromatic rings. The molecule has 0 radical (unpaired) electrons. The van der Waals surface area contributed by atoms with Crippen molar-refractivity contribution in [1.29, 1.82) is 0 Å². The number of hydroxylamine groups is 3. The molecule has 2 heterocycles. The van der Waals surface area contributed by atoms with Crippen LogP contribution in [0.2, 0.25) is 0 Å². The smallest absolute Gasteiger partial charge is 0.293 e.